The highest BCUT2D eigenvalue weighted by molar-refractivity contribution is 7.99. The van der Waals surface area contributed by atoms with E-state index in [1.54, 1.807) is 0 Å². The second kappa shape index (κ2) is 2.80. The van der Waals surface area contributed by atoms with E-state index in [1.165, 1.54) is 5.75 Å². The van der Waals surface area contributed by atoms with E-state index in [-0.39, 0.29) is 5.50 Å². The Morgan fingerprint density at radius 1 is 1.71 bits per heavy atom. The Kier molecular flexibility index (Phi) is 2.29. The van der Waals surface area contributed by atoms with Crippen molar-refractivity contribution in [2.24, 2.45) is 0 Å². The maximum Gasteiger partial charge on any atom is 0.0917 e. The van der Waals surface area contributed by atoms with E-state index in [4.69, 9.17) is 11.6 Å². The summed E-state index contributed by atoms with van der Waals surface area (Å²) >= 11 is 7.59. The van der Waals surface area contributed by atoms with Crippen LogP contribution in [0.25, 0.3) is 0 Å². The predicted octanol–water partition coefficient (Wildman–Crippen LogP) is 0.888. The number of hydrogen-bond acceptors (Lipinski definition) is 2. The number of rotatable bonds is 0. The fourth-order valence-electron chi connectivity index (χ4n) is 0.533. The van der Waals surface area contributed by atoms with E-state index in [9.17, 15) is 0 Å². The average Bonchev–Trinajstić information content (AvgIpc) is 1.69. The first-order valence-electron chi connectivity index (χ1n) is 2.35. The highest BCUT2D eigenvalue weighted by Gasteiger charge is 2.06. The number of nitrogens with one attached hydrogen (secondary N) is 1. The van der Waals surface area contributed by atoms with E-state index >= 15 is 0 Å². The van der Waals surface area contributed by atoms with Crippen molar-refractivity contribution in [3.63, 3.8) is 0 Å². The second-order valence-electron chi connectivity index (χ2n) is 1.50. The van der Waals surface area contributed by atoms with Gasteiger partial charge in [-0.3, -0.25) is 5.32 Å². The number of thioether (sulfide) groups is 1. The molecule has 0 bridgehead atoms. The van der Waals surface area contributed by atoms with Crippen LogP contribution in [0.5, 0.6) is 0 Å². The molecule has 0 aromatic carbocycles. The first-order valence-corrected chi connectivity index (χ1v) is 3.94. The molecule has 0 spiro atoms. The van der Waals surface area contributed by atoms with Gasteiger partial charge in [-0.2, -0.15) is 11.8 Å². The van der Waals surface area contributed by atoms with Gasteiger partial charge >= 0.3 is 0 Å². The Morgan fingerprint density at radius 2 is 2.57 bits per heavy atom. The first kappa shape index (κ1) is 5.73. The van der Waals surface area contributed by atoms with Crippen LogP contribution in [0.3, 0.4) is 0 Å². The Labute approximate surface area is 52.8 Å². The van der Waals surface area contributed by atoms with Crippen molar-refractivity contribution < 1.29 is 0 Å². The molecule has 1 saturated heterocycles. The fourth-order valence-corrected chi connectivity index (χ4v) is 1.66. The molecule has 1 unspecified atom stereocenters. The highest BCUT2D eigenvalue weighted by atomic mass is 35.5. The van der Waals surface area contributed by atoms with Crippen LogP contribution >= 0.6 is 23.4 Å². The molecule has 0 aromatic rings. The molecule has 1 heterocycles. The topological polar surface area (TPSA) is 12.0 Å². The van der Waals surface area contributed by atoms with Gasteiger partial charge < -0.3 is 0 Å². The van der Waals surface area contributed by atoms with Gasteiger partial charge in [0.05, 0.1) is 5.50 Å². The Hall–Kier alpha value is 0.600. The predicted molar refractivity (Wildman–Crippen MR) is 35.0 cm³/mol. The molecular formula is C4H8ClNS. The van der Waals surface area contributed by atoms with Gasteiger partial charge in [-0.25, -0.2) is 0 Å². The summed E-state index contributed by atoms with van der Waals surface area (Å²) in [4.78, 5) is 0. The summed E-state index contributed by atoms with van der Waals surface area (Å²) in [6.07, 6.45) is 0. The largest absolute Gasteiger partial charge is 0.300 e. The Balaban J connectivity index is 2.12. The summed E-state index contributed by atoms with van der Waals surface area (Å²) in [5.74, 6) is 2.27. The van der Waals surface area contributed by atoms with Gasteiger partial charge in [-0.05, 0) is 0 Å². The van der Waals surface area contributed by atoms with Crippen molar-refractivity contribution >= 4 is 23.4 Å². The summed E-state index contributed by atoms with van der Waals surface area (Å²) in [5, 5.41) is 3.13. The van der Waals surface area contributed by atoms with Crippen molar-refractivity contribution in [1.82, 2.24) is 5.32 Å². The molecule has 0 aromatic heterocycles. The van der Waals surface area contributed by atoms with Crippen molar-refractivity contribution in [3.05, 3.63) is 0 Å². The molecule has 0 radical (unpaired) electrons. The fraction of sp³-hybridized carbons (Fsp3) is 1.00. The zero-order chi connectivity index (χ0) is 5.11. The molecule has 0 amide bonds. The molecule has 1 aliphatic rings. The summed E-state index contributed by atoms with van der Waals surface area (Å²) < 4.78 is 0. The lowest BCUT2D eigenvalue weighted by molar-refractivity contribution is 0.706. The standard InChI is InChI=1S/C4H8ClNS/c5-4-3-7-2-1-6-4/h4,6H,1-3H2. The van der Waals surface area contributed by atoms with Gasteiger partial charge in [0.1, 0.15) is 0 Å². The van der Waals surface area contributed by atoms with Crippen molar-refractivity contribution in [2.45, 2.75) is 5.50 Å². The minimum absolute atomic E-state index is 0.221. The van der Waals surface area contributed by atoms with Crippen molar-refractivity contribution in [2.75, 3.05) is 18.1 Å². The SMILES string of the molecule is ClC1CSCCN1. The monoisotopic (exact) mass is 137 g/mol. The van der Waals surface area contributed by atoms with Crippen LogP contribution in [0, 0.1) is 0 Å². The first-order chi connectivity index (χ1) is 3.39. The molecule has 42 valence electrons. The summed E-state index contributed by atoms with van der Waals surface area (Å²) in [5.41, 5.74) is 0.221. The van der Waals surface area contributed by atoms with Crippen LogP contribution < -0.4 is 5.32 Å². The molecule has 1 N–H and O–H groups in total. The van der Waals surface area contributed by atoms with Crippen LogP contribution in [-0.2, 0) is 0 Å². The Morgan fingerprint density at radius 3 is 2.86 bits per heavy atom. The molecule has 0 aliphatic carbocycles. The van der Waals surface area contributed by atoms with Crippen LogP contribution in [0.1, 0.15) is 0 Å². The van der Waals surface area contributed by atoms with Gasteiger partial charge in [-0.15, -0.1) is 11.6 Å². The third-order valence-electron chi connectivity index (χ3n) is 0.876. The van der Waals surface area contributed by atoms with Crippen LogP contribution in [0.2, 0.25) is 0 Å². The smallest absolute Gasteiger partial charge is 0.0917 e. The van der Waals surface area contributed by atoms with Gasteiger partial charge in [0.2, 0.25) is 0 Å². The summed E-state index contributed by atoms with van der Waals surface area (Å²) in [7, 11) is 0. The van der Waals surface area contributed by atoms with E-state index in [2.05, 4.69) is 5.32 Å². The zero-order valence-corrected chi connectivity index (χ0v) is 5.56. The van der Waals surface area contributed by atoms with Crippen LogP contribution in [0.15, 0.2) is 0 Å². The molecule has 7 heavy (non-hydrogen) atoms. The molecule has 1 nitrogen and oxygen atoms in total. The maximum absolute atomic E-state index is 5.68. The highest BCUT2D eigenvalue weighted by Crippen LogP contribution is 2.09. The average molecular weight is 138 g/mol. The lowest BCUT2D eigenvalue weighted by Crippen LogP contribution is -2.32. The van der Waals surface area contributed by atoms with Gasteiger partial charge in [0.15, 0.2) is 0 Å². The third kappa shape index (κ3) is 1.89. The van der Waals surface area contributed by atoms with Crippen molar-refractivity contribution in [1.29, 1.82) is 0 Å². The molecular weight excluding hydrogens is 130 g/mol. The van der Waals surface area contributed by atoms with Crippen LogP contribution in [0.4, 0.5) is 0 Å². The minimum Gasteiger partial charge on any atom is -0.300 e. The van der Waals surface area contributed by atoms with Crippen LogP contribution in [-0.4, -0.2) is 23.6 Å². The van der Waals surface area contributed by atoms with E-state index in [1.807, 2.05) is 11.8 Å². The summed E-state index contributed by atoms with van der Waals surface area (Å²) in [6, 6.07) is 0. The number of halogens is 1. The van der Waals surface area contributed by atoms with E-state index in [0.29, 0.717) is 0 Å². The maximum atomic E-state index is 5.68. The minimum atomic E-state index is 0.221. The molecule has 1 fully saturated rings. The molecule has 0 saturated carbocycles. The molecule has 3 heteroatoms. The molecule has 1 aliphatic heterocycles. The number of hydrogen-bond donors (Lipinski definition) is 1. The zero-order valence-electron chi connectivity index (χ0n) is 3.98. The molecule has 1 rings (SSSR count). The van der Waals surface area contributed by atoms with Gasteiger partial charge in [0, 0.05) is 18.1 Å². The Bertz CT molecular complexity index is 53.7. The summed E-state index contributed by atoms with van der Waals surface area (Å²) in [6.45, 7) is 1.07. The van der Waals surface area contributed by atoms with E-state index < -0.39 is 0 Å². The number of alkyl halides is 1. The van der Waals surface area contributed by atoms with Gasteiger partial charge in [-0.1, -0.05) is 0 Å². The molecule has 1 atom stereocenters. The van der Waals surface area contributed by atoms with E-state index in [0.717, 1.165) is 12.3 Å². The van der Waals surface area contributed by atoms with Crippen molar-refractivity contribution in [3.8, 4) is 0 Å². The normalized spacial score (nSPS) is 33.0. The van der Waals surface area contributed by atoms with Gasteiger partial charge in [0.25, 0.3) is 0 Å². The quantitative estimate of drug-likeness (QED) is 0.393. The third-order valence-corrected chi connectivity index (χ3v) is 2.43. The lowest BCUT2D eigenvalue weighted by atomic mass is 10.6. The second-order valence-corrected chi connectivity index (χ2v) is 3.17. The lowest BCUT2D eigenvalue weighted by Gasteiger charge is -2.15.